The van der Waals surface area contributed by atoms with Crippen LogP contribution < -0.4 is 4.74 Å². The van der Waals surface area contributed by atoms with Gasteiger partial charge in [-0.05, 0) is 18.6 Å². The summed E-state index contributed by atoms with van der Waals surface area (Å²) in [5.41, 5.74) is 0. The molecule has 0 radical (unpaired) electrons. The second kappa shape index (κ2) is 6.00. The summed E-state index contributed by atoms with van der Waals surface area (Å²) in [6, 6.07) is 6.79. The van der Waals surface area contributed by atoms with Gasteiger partial charge in [0.1, 0.15) is 0 Å². The lowest BCUT2D eigenvalue weighted by molar-refractivity contribution is -0.128. The van der Waals surface area contributed by atoms with Crippen LogP contribution in [0.4, 0.5) is 0 Å². The normalized spacial score (nSPS) is 9.88. The first kappa shape index (κ1) is 12.4. The summed E-state index contributed by atoms with van der Waals surface area (Å²) in [5.74, 6) is 0.669. The molecule has 0 aliphatic heterocycles. The monoisotopic (exact) mass is 223 g/mol. The Morgan fingerprint density at radius 2 is 2.06 bits per heavy atom. The van der Waals surface area contributed by atoms with Gasteiger partial charge in [0.05, 0.1) is 6.61 Å². The van der Waals surface area contributed by atoms with Gasteiger partial charge in [0.15, 0.2) is 11.5 Å². The maximum absolute atomic E-state index is 11.2. The fraction of sp³-hybridized carbons (Fsp3) is 0.417. The Morgan fingerprint density at radius 3 is 2.69 bits per heavy atom. The van der Waals surface area contributed by atoms with Crippen molar-refractivity contribution in [2.75, 3.05) is 20.7 Å². The highest BCUT2D eigenvalue weighted by molar-refractivity contribution is 5.75. The summed E-state index contributed by atoms with van der Waals surface area (Å²) in [4.78, 5) is 12.8. The SMILES string of the molecule is CN(C)C(=O)CCCOc1ccccc1O. The average Bonchev–Trinajstić information content (AvgIpc) is 2.26. The topological polar surface area (TPSA) is 49.8 Å². The van der Waals surface area contributed by atoms with E-state index >= 15 is 0 Å². The molecular weight excluding hydrogens is 206 g/mol. The van der Waals surface area contributed by atoms with Crippen molar-refractivity contribution in [3.63, 3.8) is 0 Å². The van der Waals surface area contributed by atoms with Gasteiger partial charge in [0.25, 0.3) is 0 Å². The second-order valence-corrected chi connectivity index (χ2v) is 3.71. The molecule has 1 aromatic rings. The third kappa shape index (κ3) is 3.81. The van der Waals surface area contributed by atoms with E-state index in [0.717, 1.165) is 0 Å². The Balaban J connectivity index is 2.26. The highest BCUT2D eigenvalue weighted by Crippen LogP contribution is 2.24. The molecule has 1 aromatic carbocycles. The zero-order valence-corrected chi connectivity index (χ0v) is 9.64. The van der Waals surface area contributed by atoms with Gasteiger partial charge in [-0.2, -0.15) is 0 Å². The van der Waals surface area contributed by atoms with Crippen LogP contribution in [0.25, 0.3) is 0 Å². The van der Waals surface area contributed by atoms with Crippen molar-refractivity contribution in [3.8, 4) is 11.5 Å². The van der Waals surface area contributed by atoms with E-state index in [9.17, 15) is 9.90 Å². The average molecular weight is 223 g/mol. The summed E-state index contributed by atoms with van der Waals surface area (Å²) < 4.78 is 5.35. The van der Waals surface area contributed by atoms with Crippen LogP contribution in [-0.2, 0) is 4.79 Å². The second-order valence-electron chi connectivity index (χ2n) is 3.71. The van der Waals surface area contributed by atoms with Gasteiger partial charge in [0.2, 0.25) is 5.91 Å². The predicted molar refractivity (Wildman–Crippen MR) is 61.5 cm³/mol. The molecule has 0 heterocycles. The molecule has 4 heteroatoms. The molecule has 16 heavy (non-hydrogen) atoms. The molecule has 0 aliphatic carbocycles. The third-order valence-corrected chi connectivity index (χ3v) is 2.16. The number of hydrogen-bond acceptors (Lipinski definition) is 3. The van der Waals surface area contributed by atoms with Crippen molar-refractivity contribution in [1.29, 1.82) is 0 Å². The molecule has 0 fully saturated rings. The van der Waals surface area contributed by atoms with Crippen molar-refractivity contribution in [2.45, 2.75) is 12.8 Å². The first-order valence-electron chi connectivity index (χ1n) is 5.22. The van der Waals surface area contributed by atoms with Gasteiger partial charge >= 0.3 is 0 Å². The van der Waals surface area contributed by atoms with Crippen molar-refractivity contribution in [3.05, 3.63) is 24.3 Å². The smallest absolute Gasteiger partial charge is 0.222 e. The van der Waals surface area contributed by atoms with Crippen LogP contribution in [0.1, 0.15) is 12.8 Å². The van der Waals surface area contributed by atoms with Crippen molar-refractivity contribution in [2.24, 2.45) is 0 Å². The molecule has 0 spiro atoms. The molecule has 1 N–H and O–H groups in total. The highest BCUT2D eigenvalue weighted by atomic mass is 16.5. The number of carbonyl (C=O) groups excluding carboxylic acids is 1. The number of rotatable bonds is 5. The minimum absolute atomic E-state index is 0.0842. The number of hydrogen-bond donors (Lipinski definition) is 1. The Hall–Kier alpha value is -1.71. The van der Waals surface area contributed by atoms with Crippen molar-refractivity contribution in [1.82, 2.24) is 4.90 Å². The van der Waals surface area contributed by atoms with Gasteiger partial charge < -0.3 is 14.7 Å². The number of amides is 1. The number of aromatic hydroxyl groups is 1. The van der Waals surface area contributed by atoms with Gasteiger partial charge in [-0.25, -0.2) is 0 Å². The fourth-order valence-corrected chi connectivity index (χ4v) is 1.21. The number of phenolic OH excluding ortho intramolecular Hbond substituents is 1. The summed E-state index contributed by atoms with van der Waals surface area (Å²) >= 11 is 0. The van der Waals surface area contributed by atoms with E-state index in [-0.39, 0.29) is 11.7 Å². The molecular formula is C12H17NO3. The lowest BCUT2D eigenvalue weighted by Crippen LogP contribution is -2.21. The maximum atomic E-state index is 11.2. The van der Waals surface area contributed by atoms with Crippen LogP contribution in [0.5, 0.6) is 11.5 Å². The maximum Gasteiger partial charge on any atom is 0.222 e. The molecule has 1 rings (SSSR count). The van der Waals surface area contributed by atoms with E-state index in [0.29, 0.717) is 25.2 Å². The van der Waals surface area contributed by atoms with E-state index < -0.39 is 0 Å². The summed E-state index contributed by atoms with van der Waals surface area (Å²) in [6.45, 7) is 0.428. The first-order valence-corrected chi connectivity index (χ1v) is 5.22. The summed E-state index contributed by atoms with van der Waals surface area (Å²) in [5, 5.41) is 9.41. The highest BCUT2D eigenvalue weighted by Gasteiger charge is 2.04. The third-order valence-electron chi connectivity index (χ3n) is 2.16. The molecule has 0 saturated carbocycles. The Bertz CT molecular complexity index is 350. The number of nitrogens with zero attached hydrogens (tertiary/aromatic N) is 1. The minimum atomic E-state index is 0.0842. The quantitative estimate of drug-likeness (QED) is 0.772. The van der Waals surface area contributed by atoms with E-state index in [2.05, 4.69) is 0 Å². The largest absolute Gasteiger partial charge is 0.504 e. The van der Waals surface area contributed by atoms with E-state index in [4.69, 9.17) is 4.74 Å². The molecule has 0 atom stereocenters. The van der Waals surface area contributed by atoms with Gasteiger partial charge in [-0.15, -0.1) is 0 Å². The van der Waals surface area contributed by atoms with Crippen LogP contribution >= 0.6 is 0 Å². The number of benzene rings is 1. The Labute approximate surface area is 95.5 Å². The molecule has 0 unspecified atom stereocenters. The van der Waals surface area contributed by atoms with Crippen LogP contribution in [0.3, 0.4) is 0 Å². The number of para-hydroxylation sites is 2. The predicted octanol–water partition coefficient (Wildman–Crippen LogP) is 1.64. The summed E-state index contributed by atoms with van der Waals surface area (Å²) in [7, 11) is 3.46. The Kier molecular flexibility index (Phi) is 4.64. The minimum Gasteiger partial charge on any atom is -0.504 e. The zero-order chi connectivity index (χ0) is 12.0. The molecule has 0 aromatic heterocycles. The van der Waals surface area contributed by atoms with Crippen molar-refractivity contribution >= 4 is 5.91 Å². The molecule has 0 bridgehead atoms. The van der Waals surface area contributed by atoms with Crippen LogP contribution in [0.15, 0.2) is 24.3 Å². The first-order chi connectivity index (χ1) is 7.61. The summed E-state index contributed by atoms with van der Waals surface area (Å²) in [6.07, 6.45) is 1.10. The lowest BCUT2D eigenvalue weighted by atomic mass is 10.3. The van der Waals surface area contributed by atoms with E-state index in [1.165, 1.54) is 0 Å². The van der Waals surface area contributed by atoms with Gasteiger partial charge in [-0.3, -0.25) is 4.79 Å². The molecule has 0 saturated heterocycles. The lowest BCUT2D eigenvalue weighted by Gasteiger charge is -2.10. The van der Waals surface area contributed by atoms with Crippen molar-refractivity contribution < 1.29 is 14.6 Å². The standard InChI is InChI=1S/C12H17NO3/c1-13(2)12(15)8-5-9-16-11-7-4-3-6-10(11)14/h3-4,6-7,14H,5,8-9H2,1-2H3. The van der Waals surface area contributed by atoms with Crippen LogP contribution in [0.2, 0.25) is 0 Å². The van der Waals surface area contributed by atoms with E-state index in [1.807, 2.05) is 0 Å². The van der Waals surface area contributed by atoms with E-state index in [1.54, 1.807) is 43.3 Å². The van der Waals surface area contributed by atoms with Gasteiger partial charge in [-0.1, -0.05) is 12.1 Å². The number of ether oxygens (including phenoxy) is 1. The van der Waals surface area contributed by atoms with Crippen LogP contribution in [0, 0.1) is 0 Å². The zero-order valence-electron chi connectivity index (χ0n) is 9.64. The fourth-order valence-electron chi connectivity index (χ4n) is 1.21. The van der Waals surface area contributed by atoms with Gasteiger partial charge in [0, 0.05) is 20.5 Å². The molecule has 88 valence electrons. The van der Waals surface area contributed by atoms with Crippen LogP contribution in [-0.4, -0.2) is 36.6 Å². The molecule has 0 aliphatic rings. The molecule has 1 amide bonds. The number of carbonyl (C=O) groups is 1. The molecule has 4 nitrogen and oxygen atoms in total. The number of phenols is 1. The Morgan fingerprint density at radius 1 is 1.38 bits per heavy atom.